The Morgan fingerprint density at radius 1 is 1.38 bits per heavy atom. The monoisotopic (exact) mass is 222 g/mol. The average Bonchev–Trinajstić information content (AvgIpc) is 2.34. The van der Waals surface area contributed by atoms with Gasteiger partial charge >= 0.3 is 0 Å². The molecular formula is C10H14N4O2. The van der Waals surface area contributed by atoms with Crippen LogP contribution in [0, 0.1) is 0 Å². The zero-order chi connectivity index (χ0) is 12.0. The van der Waals surface area contributed by atoms with Crippen LogP contribution in [0.3, 0.4) is 0 Å². The van der Waals surface area contributed by atoms with Crippen LogP contribution in [0.25, 0.3) is 10.4 Å². The van der Waals surface area contributed by atoms with E-state index in [0.717, 1.165) is 5.56 Å². The summed E-state index contributed by atoms with van der Waals surface area (Å²) >= 11 is 0. The van der Waals surface area contributed by atoms with Gasteiger partial charge in [0.1, 0.15) is 6.10 Å². The van der Waals surface area contributed by atoms with Crippen molar-refractivity contribution in [3.63, 3.8) is 0 Å². The van der Waals surface area contributed by atoms with Crippen LogP contribution in [-0.2, 0) is 6.54 Å². The summed E-state index contributed by atoms with van der Waals surface area (Å²) in [5.74, 6) is 0. The minimum Gasteiger partial charge on any atom is -0.390 e. The molecule has 0 aliphatic carbocycles. The Bertz CT molecular complexity index is 390. The summed E-state index contributed by atoms with van der Waals surface area (Å²) in [6, 6.07) is 7.02. The highest BCUT2D eigenvalue weighted by atomic mass is 16.3. The van der Waals surface area contributed by atoms with Gasteiger partial charge in [0.15, 0.2) is 0 Å². The van der Waals surface area contributed by atoms with Crippen molar-refractivity contribution in [1.29, 1.82) is 0 Å². The Labute approximate surface area is 93.0 Å². The molecule has 6 nitrogen and oxygen atoms in total. The first-order valence-electron chi connectivity index (χ1n) is 4.85. The molecule has 2 atom stereocenters. The van der Waals surface area contributed by atoms with Crippen molar-refractivity contribution in [2.45, 2.75) is 18.8 Å². The van der Waals surface area contributed by atoms with Gasteiger partial charge in [0.05, 0.1) is 12.6 Å². The minimum atomic E-state index is -1.12. The van der Waals surface area contributed by atoms with Crippen LogP contribution in [0.1, 0.15) is 17.2 Å². The van der Waals surface area contributed by atoms with Gasteiger partial charge in [0.2, 0.25) is 0 Å². The van der Waals surface area contributed by atoms with Crippen molar-refractivity contribution in [3.05, 3.63) is 45.8 Å². The molecule has 0 radical (unpaired) electrons. The molecule has 0 aliphatic rings. The number of azide groups is 1. The van der Waals surface area contributed by atoms with E-state index in [9.17, 15) is 10.2 Å². The standard InChI is InChI=1S/C10H14N4O2/c11-5-7-3-1-2-4-8(7)10(16)9(15)6-13-14-12/h1-4,9-10,15-16H,5-6,11H2. The molecule has 1 aromatic carbocycles. The number of rotatable bonds is 5. The molecule has 1 aromatic rings. The van der Waals surface area contributed by atoms with Crippen molar-refractivity contribution < 1.29 is 10.2 Å². The highest BCUT2D eigenvalue weighted by molar-refractivity contribution is 5.29. The third-order valence-corrected chi connectivity index (χ3v) is 2.29. The van der Waals surface area contributed by atoms with Gasteiger partial charge in [-0.2, -0.15) is 0 Å². The lowest BCUT2D eigenvalue weighted by molar-refractivity contribution is 0.0239. The van der Waals surface area contributed by atoms with Gasteiger partial charge < -0.3 is 15.9 Å². The maximum Gasteiger partial charge on any atom is 0.105 e. The van der Waals surface area contributed by atoms with E-state index in [-0.39, 0.29) is 13.1 Å². The Kier molecular flexibility index (Phi) is 4.75. The number of benzene rings is 1. The molecule has 16 heavy (non-hydrogen) atoms. The van der Waals surface area contributed by atoms with Crippen LogP contribution >= 0.6 is 0 Å². The topological polar surface area (TPSA) is 115 Å². The van der Waals surface area contributed by atoms with Crippen LogP contribution in [-0.4, -0.2) is 22.9 Å². The molecule has 1 rings (SSSR count). The second-order valence-corrected chi connectivity index (χ2v) is 3.33. The fourth-order valence-electron chi connectivity index (χ4n) is 1.44. The Hall–Kier alpha value is -1.59. The van der Waals surface area contributed by atoms with Crippen molar-refractivity contribution in [3.8, 4) is 0 Å². The van der Waals surface area contributed by atoms with E-state index >= 15 is 0 Å². The summed E-state index contributed by atoms with van der Waals surface area (Å²) in [4.78, 5) is 2.52. The Morgan fingerprint density at radius 3 is 2.69 bits per heavy atom. The average molecular weight is 222 g/mol. The van der Waals surface area contributed by atoms with E-state index in [2.05, 4.69) is 10.0 Å². The third-order valence-electron chi connectivity index (χ3n) is 2.29. The van der Waals surface area contributed by atoms with Crippen LogP contribution in [0.5, 0.6) is 0 Å². The molecular weight excluding hydrogens is 208 g/mol. The molecule has 6 heteroatoms. The second kappa shape index (κ2) is 6.09. The third kappa shape index (κ3) is 2.95. The second-order valence-electron chi connectivity index (χ2n) is 3.33. The molecule has 0 fully saturated rings. The van der Waals surface area contributed by atoms with Crippen molar-refractivity contribution in [2.24, 2.45) is 10.8 Å². The lowest BCUT2D eigenvalue weighted by Crippen LogP contribution is -2.22. The quantitative estimate of drug-likeness (QED) is 0.389. The fourth-order valence-corrected chi connectivity index (χ4v) is 1.44. The van der Waals surface area contributed by atoms with E-state index in [1.807, 2.05) is 0 Å². The highest BCUT2D eigenvalue weighted by Crippen LogP contribution is 2.21. The zero-order valence-electron chi connectivity index (χ0n) is 8.69. The predicted molar refractivity (Wildman–Crippen MR) is 59.3 cm³/mol. The largest absolute Gasteiger partial charge is 0.390 e. The summed E-state index contributed by atoms with van der Waals surface area (Å²) in [5.41, 5.74) is 14.9. The molecule has 4 N–H and O–H groups in total. The van der Waals surface area contributed by atoms with Crippen LogP contribution in [0.2, 0.25) is 0 Å². The van der Waals surface area contributed by atoms with Gasteiger partial charge in [-0.15, -0.1) is 0 Å². The zero-order valence-corrected chi connectivity index (χ0v) is 8.69. The van der Waals surface area contributed by atoms with Gasteiger partial charge in [0.25, 0.3) is 0 Å². The molecule has 0 saturated heterocycles. The van der Waals surface area contributed by atoms with Crippen molar-refractivity contribution >= 4 is 0 Å². The molecule has 0 aliphatic heterocycles. The van der Waals surface area contributed by atoms with Gasteiger partial charge in [-0.25, -0.2) is 0 Å². The summed E-state index contributed by atoms with van der Waals surface area (Å²) in [7, 11) is 0. The molecule has 0 amide bonds. The number of hydrogen-bond acceptors (Lipinski definition) is 4. The van der Waals surface area contributed by atoms with Crippen molar-refractivity contribution in [2.75, 3.05) is 6.54 Å². The Morgan fingerprint density at radius 2 is 2.06 bits per heavy atom. The minimum absolute atomic E-state index is 0.170. The molecule has 0 bridgehead atoms. The van der Waals surface area contributed by atoms with E-state index in [1.165, 1.54) is 0 Å². The number of nitrogens with zero attached hydrogens (tertiary/aromatic N) is 3. The number of nitrogens with two attached hydrogens (primary N) is 1. The van der Waals surface area contributed by atoms with Gasteiger partial charge in [-0.1, -0.05) is 29.4 Å². The lowest BCUT2D eigenvalue weighted by Gasteiger charge is -2.18. The highest BCUT2D eigenvalue weighted by Gasteiger charge is 2.19. The summed E-state index contributed by atoms with van der Waals surface area (Å²) < 4.78 is 0. The number of aliphatic hydroxyl groups excluding tert-OH is 2. The number of aliphatic hydroxyl groups is 2. The van der Waals surface area contributed by atoms with Gasteiger partial charge in [0, 0.05) is 11.5 Å². The first-order valence-corrected chi connectivity index (χ1v) is 4.85. The van der Waals surface area contributed by atoms with Crippen molar-refractivity contribution in [1.82, 2.24) is 0 Å². The Balaban J connectivity index is 2.86. The first-order chi connectivity index (χ1) is 7.70. The fraction of sp³-hybridized carbons (Fsp3) is 0.400. The summed E-state index contributed by atoms with van der Waals surface area (Å²) in [6.07, 6.45) is -2.21. The molecule has 0 saturated carbocycles. The summed E-state index contributed by atoms with van der Waals surface area (Å²) in [6.45, 7) is 0.109. The predicted octanol–water partition coefficient (Wildman–Crippen LogP) is 0.850. The SMILES string of the molecule is [N-]=[N+]=NCC(O)C(O)c1ccccc1CN. The first kappa shape index (κ1) is 12.5. The van der Waals surface area contributed by atoms with Gasteiger partial charge in [-0.05, 0) is 16.7 Å². The summed E-state index contributed by atoms with van der Waals surface area (Å²) in [5, 5.41) is 22.6. The van der Waals surface area contributed by atoms with E-state index in [0.29, 0.717) is 5.56 Å². The number of hydrogen-bond donors (Lipinski definition) is 3. The smallest absolute Gasteiger partial charge is 0.105 e. The van der Waals surface area contributed by atoms with Crippen LogP contribution in [0.4, 0.5) is 0 Å². The molecule has 0 heterocycles. The molecule has 2 unspecified atom stereocenters. The maximum absolute atomic E-state index is 9.84. The molecule has 0 spiro atoms. The van der Waals surface area contributed by atoms with E-state index in [1.54, 1.807) is 24.3 Å². The van der Waals surface area contributed by atoms with E-state index in [4.69, 9.17) is 11.3 Å². The lowest BCUT2D eigenvalue weighted by atomic mass is 9.99. The maximum atomic E-state index is 9.84. The molecule has 86 valence electrons. The van der Waals surface area contributed by atoms with Crippen LogP contribution in [0.15, 0.2) is 29.4 Å². The van der Waals surface area contributed by atoms with Crippen LogP contribution < -0.4 is 5.73 Å². The molecule has 0 aromatic heterocycles. The van der Waals surface area contributed by atoms with Gasteiger partial charge in [-0.3, -0.25) is 0 Å². The van der Waals surface area contributed by atoms with E-state index < -0.39 is 12.2 Å². The normalized spacial score (nSPS) is 13.9.